The van der Waals surface area contributed by atoms with Crippen molar-refractivity contribution in [3.8, 4) is 0 Å². The predicted molar refractivity (Wildman–Crippen MR) is 45.0 cm³/mol. The van der Waals surface area contributed by atoms with Gasteiger partial charge >= 0.3 is 5.97 Å². The Bertz CT molecular complexity index is 258. The minimum Gasteiger partial charge on any atom is -0.481 e. The Morgan fingerprint density at radius 3 is 2.38 bits per heavy atom. The van der Waals surface area contributed by atoms with Gasteiger partial charge < -0.3 is 10.0 Å². The minimum atomic E-state index is -0.675. The summed E-state index contributed by atoms with van der Waals surface area (Å²) in [6.45, 7) is 3.09. The van der Waals surface area contributed by atoms with E-state index in [2.05, 4.69) is 0 Å². The van der Waals surface area contributed by atoms with Gasteiger partial charge in [0.25, 0.3) is 0 Å². The zero-order valence-electron chi connectivity index (χ0n) is 7.56. The van der Waals surface area contributed by atoms with E-state index in [9.17, 15) is 9.59 Å². The Morgan fingerprint density at radius 1 is 1.38 bits per heavy atom. The lowest BCUT2D eigenvalue weighted by Crippen LogP contribution is -2.50. The highest BCUT2D eigenvalue weighted by molar-refractivity contribution is 5.75. The van der Waals surface area contributed by atoms with Gasteiger partial charge in [0.1, 0.15) is 0 Å². The average Bonchev–Trinajstić information content (AvgIpc) is 2.62. The number of carbonyl (C=O) groups excluding carboxylic acids is 1. The van der Waals surface area contributed by atoms with Crippen molar-refractivity contribution in [1.82, 2.24) is 4.90 Å². The maximum Gasteiger partial charge on any atom is 0.306 e. The molecule has 72 valence electrons. The zero-order valence-corrected chi connectivity index (χ0v) is 7.56. The van der Waals surface area contributed by atoms with Crippen LogP contribution >= 0.6 is 0 Å². The molecule has 2 fully saturated rings. The van der Waals surface area contributed by atoms with Crippen molar-refractivity contribution >= 4 is 11.9 Å². The monoisotopic (exact) mass is 183 g/mol. The average molecular weight is 183 g/mol. The Kier molecular flexibility index (Phi) is 1.78. The molecule has 1 aliphatic heterocycles. The maximum absolute atomic E-state index is 10.8. The fourth-order valence-corrected chi connectivity index (χ4v) is 2.06. The standard InChI is InChI=1S/C9H13NO3/c1-5(11)10-3-6(4-10)7-2-8(7)9(12)13/h6-8H,2-4H2,1H3,(H,12,13)/t7-,8+/m0/s1. The van der Waals surface area contributed by atoms with Crippen molar-refractivity contribution in [1.29, 1.82) is 0 Å². The van der Waals surface area contributed by atoms with Gasteiger partial charge in [0.15, 0.2) is 0 Å². The summed E-state index contributed by atoms with van der Waals surface area (Å²) in [5.74, 6) is 0.0901. The third-order valence-corrected chi connectivity index (χ3v) is 3.12. The van der Waals surface area contributed by atoms with Gasteiger partial charge in [0.2, 0.25) is 5.91 Å². The van der Waals surface area contributed by atoms with Gasteiger partial charge in [-0.15, -0.1) is 0 Å². The summed E-state index contributed by atoms with van der Waals surface area (Å²) < 4.78 is 0. The summed E-state index contributed by atoms with van der Waals surface area (Å²) in [4.78, 5) is 23.2. The van der Waals surface area contributed by atoms with Gasteiger partial charge in [-0.25, -0.2) is 0 Å². The Morgan fingerprint density at radius 2 is 2.00 bits per heavy atom. The second-order valence-electron chi connectivity index (χ2n) is 4.03. The first-order valence-corrected chi connectivity index (χ1v) is 4.58. The van der Waals surface area contributed by atoms with Crippen molar-refractivity contribution < 1.29 is 14.7 Å². The molecule has 1 saturated heterocycles. The Labute approximate surface area is 76.5 Å². The van der Waals surface area contributed by atoms with Crippen molar-refractivity contribution in [3.05, 3.63) is 0 Å². The molecule has 1 saturated carbocycles. The predicted octanol–water partition coefficient (Wildman–Crippen LogP) is 0.185. The van der Waals surface area contributed by atoms with Crippen LogP contribution in [-0.4, -0.2) is 35.0 Å². The number of hydrogen-bond acceptors (Lipinski definition) is 2. The molecular formula is C9H13NO3. The number of amides is 1. The second kappa shape index (κ2) is 2.72. The van der Waals surface area contributed by atoms with Crippen molar-refractivity contribution in [3.63, 3.8) is 0 Å². The van der Waals surface area contributed by atoms with Gasteiger partial charge in [-0.2, -0.15) is 0 Å². The molecule has 4 nitrogen and oxygen atoms in total. The van der Waals surface area contributed by atoms with Crippen molar-refractivity contribution in [2.75, 3.05) is 13.1 Å². The van der Waals surface area contributed by atoms with Crippen LogP contribution in [0.25, 0.3) is 0 Å². The van der Waals surface area contributed by atoms with Crippen LogP contribution < -0.4 is 0 Å². The molecule has 0 aromatic heterocycles. The molecular weight excluding hydrogens is 170 g/mol. The molecule has 0 unspecified atom stereocenters. The molecule has 0 radical (unpaired) electrons. The van der Waals surface area contributed by atoms with Gasteiger partial charge in [-0.3, -0.25) is 9.59 Å². The first-order chi connectivity index (χ1) is 6.09. The molecule has 0 aromatic rings. The van der Waals surface area contributed by atoms with E-state index in [-0.39, 0.29) is 11.8 Å². The van der Waals surface area contributed by atoms with E-state index >= 15 is 0 Å². The SMILES string of the molecule is CC(=O)N1CC([C@@H]2C[C@H]2C(=O)O)C1. The first kappa shape index (κ1) is 8.53. The summed E-state index contributed by atoms with van der Waals surface area (Å²) in [5, 5.41) is 8.69. The summed E-state index contributed by atoms with van der Waals surface area (Å²) in [7, 11) is 0. The van der Waals surface area contributed by atoms with Gasteiger partial charge in [0.05, 0.1) is 5.92 Å². The smallest absolute Gasteiger partial charge is 0.306 e. The number of hydrogen-bond donors (Lipinski definition) is 1. The highest BCUT2D eigenvalue weighted by atomic mass is 16.4. The van der Waals surface area contributed by atoms with Gasteiger partial charge in [-0.05, 0) is 18.3 Å². The van der Waals surface area contributed by atoms with E-state index < -0.39 is 5.97 Å². The summed E-state index contributed by atoms with van der Waals surface area (Å²) >= 11 is 0. The molecule has 1 heterocycles. The van der Waals surface area contributed by atoms with Crippen molar-refractivity contribution in [2.45, 2.75) is 13.3 Å². The zero-order chi connectivity index (χ0) is 9.59. The molecule has 0 spiro atoms. The normalized spacial score (nSPS) is 32.5. The second-order valence-corrected chi connectivity index (χ2v) is 4.03. The minimum absolute atomic E-state index is 0.101. The lowest BCUT2D eigenvalue weighted by atomic mass is 9.93. The fraction of sp³-hybridized carbons (Fsp3) is 0.778. The molecule has 13 heavy (non-hydrogen) atoms. The van der Waals surface area contributed by atoms with E-state index in [1.165, 1.54) is 0 Å². The van der Waals surface area contributed by atoms with Crippen LogP contribution in [0.3, 0.4) is 0 Å². The topological polar surface area (TPSA) is 57.6 Å². The van der Waals surface area contributed by atoms with Crippen LogP contribution in [0.2, 0.25) is 0 Å². The Hall–Kier alpha value is -1.06. The lowest BCUT2D eigenvalue weighted by Gasteiger charge is -2.39. The van der Waals surface area contributed by atoms with Gasteiger partial charge in [-0.1, -0.05) is 0 Å². The first-order valence-electron chi connectivity index (χ1n) is 4.58. The summed E-state index contributed by atoms with van der Waals surface area (Å²) in [5.41, 5.74) is 0. The number of carboxylic acid groups (broad SMARTS) is 1. The molecule has 4 heteroatoms. The number of nitrogens with zero attached hydrogens (tertiary/aromatic N) is 1. The molecule has 0 aromatic carbocycles. The number of carbonyl (C=O) groups is 2. The highest BCUT2D eigenvalue weighted by Gasteiger charge is 2.51. The summed E-state index contributed by atoms with van der Waals surface area (Å²) in [6, 6.07) is 0. The van der Waals surface area contributed by atoms with E-state index in [1.54, 1.807) is 11.8 Å². The highest BCUT2D eigenvalue weighted by Crippen LogP contribution is 2.47. The van der Waals surface area contributed by atoms with Crippen molar-refractivity contribution in [2.24, 2.45) is 17.8 Å². The van der Waals surface area contributed by atoms with Crippen LogP contribution in [0.15, 0.2) is 0 Å². The third-order valence-electron chi connectivity index (χ3n) is 3.12. The number of aliphatic carboxylic acids is 1. The molecule has 1 N–H and O–H groups in total. The van der Waals surface area contributed by atoms with E-state index in [4.69, 9.17) is 5.11 Å². The Balaban J connectivity index is 1.77. The molecule has 2 rings (SSSR count). The number of carboxylic acids is 1. The molecule has 1 amide bonds. The fourth-order valence-electron chi connectivity index (χ4n) is 2.06. The van der Waals surface area contributed by atoms with E-state index in [0.717, 1.165) is 19.5 Å². The molecule has 1 aliphatic carbocycles. The molecule has 2 aliphatic rings. The van der Waals surface area contributed by atoms with Crippen LogP contribution in [0.4, 0.5) is 0 Å². The number of rotatable bonds is 2. The van der Waals surface area contributed by atoms with Crippen LogP contribution in [0.5, 0.6) is 0 Å². The largest absolute Gasteiger partial charge is 0.481 e. The molecule has 0 bridgehead atoms. The number of likely N-dealkylation sites (tertiary alicyclic amines) is 1. The van der Waals surface area contributed by atoms with E-state index in [0.29, 0.717) is 11.8 Å². The summed E-state index contributed by atoms with van der Waals surface area (Å²) in [6.07, 6.45) is 0.811. The molecule has 2 atom stereocenters. The van der Waals surface area contributed by atoms with Crippen LogP contribution in [0.1, 0.15) is 13.3 Å². The van der Waals surface area contributed by atoms with Crippen LogP contribution in [-0.2, 0) is 9.59 Å². The van der Waals surface area contributed by atoms with E-state index in [1.807, 2.05) is 0 Å². The maximum atomic E-state index is 10.8. The van der Waals surface area contributed by atoms with Crippen LogP contribution in [0, 0.1) is 17.8 Å². The van der Waals surface area contributed by atoms with Gasteiger partial charge in [0, 0.05) is 20.0 Å². The lowest BCUT2D eigenvalue weighted by molar-refractivity contribution is -0.139. The quantitative estimate of drug-likeness (QED) is 0.664. The third kappa shape index (κ3) is 1.41.